The number of nitrogens with one attached hydrogen (secondary N) is 1. The number of unbranched alkanes of at least 4 members (excludes halogenated alkanes) is 2. The fourth-order valence-corrected chi connectivity index (χ4v) is 5.01. The number of amides is 1. The van der Waals surface area contributed by atoms with Crippen LogP contribution in [0.1, 0.15) is 70.2 Å². The van der Waals surface area contributed by atoms with E-state index in [2.05, 4.69) is 22.2 Å². The Morgan fingerprint density at radius 3 is 2.65 bits per heavy atom. The molecule has 37 heavy (non-hydrogen) atoms. The van der Waals surface area contributed by atoms with Crippen LogP contribution in [0.5, 0.6) is 0 Å². The third kappa shape index (κ3) is 6.55. The lowest BCUT2D eigenvalue weighted by Crippen LogP contribution is -2.40. The highest BCUT2D eigenvalue weighted by molar-refractivity contribution is 5.83. The van der Waals surface area contributed by atoms with Crippen molar-refractivity contribution in [2.24, 2.45) is 13.0 Å². The second kappa shape index (κ2) is 12.3. The summed E-state index contributed by atoms with van der Waals surface area (Å²) in [5, 5.41) is 4.12. The van der Waals surface area contributed by atoms with Crippen LogP contribution in [0.2, 0.25) is 0 Å². The van der Waals surface area contributed by atoms with Gasteiger partial charge in [0.15, 0.2) is 5.76 Å². The summed E-state index contributed by atoms with van der Waals surface area (Å²) in [7, 11) is 3.82. The first-order valence-electron chi connectivity index (χ1n) is 13.4. The van der Waals surface area contributed by atoms with Crippen LogP contribution in [0.3, 0.4) is 0 Å². The monoisotopic (exact) mass is 506 g/mol. The lowest BCUT2D eigenvalue weighted by atomic mass is 9.95. The van der Waals surface area contributed by atoms with Gasteiger partial charge in [0.25, 0.3) is 5.56 Å². The van der Waals surface area contributed by atoms with E-state index < -0.39 is 0 Å². The molecule has 3 heterocycles. The smallest absolute Gasteiger partial charge is 0.261 e. The van der Waals surface area contributed by atoms with E-state index in [0.717, 1.165) is 56.1 Å². The Hall–Kier alpha value is -3.26. The second-order valence-electron chi connectivity index (χ2n) is 10.2. The van der Waals surface area contributed by atoms with Gasteiger partial charge in [0.1, 0.15) is 11.8 Å². The first-order chi connectivity index (χ1) is 17.9. The molecule has 1 aliphatic heterocycles. The molecule has 2 aromatic heterocycles. The van der Waals surface area contributed by atoms with Crippen LogP contribution >= 0.6 is 0 Å². The number of piperidine rings is 1. The van der Waals surface area contributed by atoms with E-state index >= 15 is 0 Å². The highest BCUT2D eigenvalue weighted by Gasteiger charge is 2.28. The SMILES string of the molecule is CCC(=O)CCCCCC(NC(=O)C1CCN(C)CC1)c1ncc(-c2cc3ccccc3n(C)c2=O)o1. The first kappa shape index (κ1) is 26.8. The number of benzene rings is 1. The Kier molecular flexibility index (Phi) is 8.92. The van der Waals surface area contributed by atoms with Gasteiger partial charge in [-0.1, -0.05) is 38.0 Å². The number of pyridine rings is 1. The lowest BCUT2D eigenvalue weighted by molar-refractivity contribution is -0.127. The van der Waals surface area contributed by atoms with Gasteiger partial charge in [-0.3, -0.25) is 14.4 Å². The normalized spacial score (nSPS) is 15.6. The van der Waals surface area contributed by atoms with Gasteiger partial charge < -0.3 is 19.2 Å². The van der Waals surface area contributed by atoms with Crippen LogP contribution in [0.25, 0.3) is 22.2 Å². The molecule has 1 aromatic carbocycles. The highest BCUT2D eigenvalue weighted by Crippen LogP contribution is 2.27. The summed E-state index contributed by atoms with van der Waals surface area (Å²) in [6, 6.07) is 9.17. The lowest BCUT2D eigenvalue weighted by Gasteiger charge is -2.29. The number of fused-ring (bicyclic) bond motifs is 1. The van der Waals surface area contributed by atoms with E-state index in [9.17, 15) is 14.4 Å². The molecule has 4 rings (SSSR count). The molecule has 8 nitrogen and oxygen atoms in total. The average Bonchev–Trinajstić information content (AvgIpc) is 3.40. The Morgan fingerprint density at radius 2 is 1.89 bits per heavy atom. The standard InChI is InChI=1S/C29H38N4O4/c1-4-22(34)11-6-5-7-12-24(31-27(35)20-14-16-32(2)17-15-20)28-30-19-26(37-28)23-18-21-10-8-9-13-25(21)33(3)29(23)36/h8-10,13,18-20,24H,4-7,11-12,14-17H2,1-3H3,(H,31,35). The average molecular weight is 507 g/mol. The summed E-state index contributed by atoms with van der Waals surface area (Å²) >= 11 is 0. The van der Waals surface area contributed by atoms with Gasteiger partial charge in [0.2, 0.25) is 11.8 Å². The number of aryl methyl sites for hydroxylation is 1. The van der Waals surface area contributed by atoms with Crippen LogP contribution < -0.4 is 10.9 Å². The number of carbonyl (C=O) groups excluding carboxylic acids is 2. The molecule has 1 fully saturated rings. The minimum absolute atomic E-state index is 0.0249. The van der Waals surface area contributed by atoms with Crippen molar-refractivity contribution in [1.82, 2.24) is 19.8 Å². The summed E-state index contributed by atoms with van der Waals surface area (Å²) < 4.78 is 7.75. The summed E-state index contributed by atoms with van der Waals surface area (Å²) in [4.78, 5) is 44.6. The predicted molar refractivity (Wildman–Crippen MR) is 144 cm³/mol. The Bertz CT molecular complexity index is 1290. The molecule has 0 saturated carbocycles. The van der Waals surface area contributed by atoms with Crippen LogP contribution in [0.4, 0.5) is 0 Å². The zero-order valence-electron chi connectivity index (χ0n) is 22.2. The van der Waals surface area contributed by atoms with Gasteiger partial charge in [-0.2, -0.15) is 0 Å². The van der Waals surface area contributed by atoms with Crippen LogP contribution in [0.15, 0.2) is 45.7 Å². The number of likely N-dealkylation sites (tertiary alicyclic amines) is 1. The molecule has 1 aliphatic rings. The Morgan fingerprint density at radius 1 is 1.14 bits per heavy atom. The Labute approximate surface area is 218 Å². The van der Waals surface area contributed by atoms with E-state index in [4.69, 9.17) is 4.42 Å². The third-order valence-electron chi connectivity index (χ3n) is 7.47. The van der Waals surface area contributed by atoms with Crippen molar-refractivity contribution in [2.75, 3.05) is 20.1 Å². The second-order valence-corrected chi connectivity index (χ2v) is 10.2. The molecule has 0 spiro atoms. The van der Waals surface area contributed by atoms with Crippen LogP contribution in [-0.2, 0) is 16.6 Å². The number of hydrogen-bond donors (Lipinski definition) is 1. The molecule has 1 N–H and O–H groups in total. The van der Waals surface area contributed by atoms with E-state index in [1.807, 2.05) is 37.3 Å². The van der Waals surface area contributed by atoms with E-state index in [-0.39, 0.29) is 29.2 Å². The number of ketones is 1. The maximum absolute atomic E-state index is 13.1. The Balaban J connectivity index is 1.53. The molecule has 0 bridgehead atoms. The fourth-order valence-electron chi connectivity index (χ4n) is 5.01. The maximum Gasteiger partial charge on any atom is 0.261 e. The number of Topliss-reactive ketones (excluding diaryl/α,β-unsaturated/α-hetero) is 1. The zero-order valence-corrected chi connectivity index (χ0v) is 22.2. The van der Waals surface area contributed by atoms with Crippen molar-refractivity contribution in [3.05, 3.63) is 52.8 Å². The molecular formula is C29H38N4O4. The van der Waals surface area contributed by atoms with Crippen LogP contribution in [-0.4, -0.2) is 46.3 Å². The summed E-state index contributed by atoms with van der Waals surface area (Å²) in [5.41, 5.74) is 1.13. The van der Waals surface area contributed by atoms with E-state index in [1.165, 1.54) is 0 Å². The number of nitrogens with zero attached hydrogens (tertiary/aromatic N) is 3. The minimum atomic E-state index is -0.382. The molecule has 1 saturated heterocycles. The number of oxazole rings is 1. The molecule has 8 heteroatoms. The topological polar surface area (TPSA) is 97.4 Å². The molecule has 0 radical (unpaired) electrons. The van der Waals surface area contributed by atoms with Gasteiger partial charge in [0.05, 0.1) is 17.3 Å². The van der Waals surface area contributed by atoms with Crippen molar-refractivity contribution in [3.8, 4) is 11.3 Å². The first-order valence-corrected chi connectivity index (χ1v) is 13.4. The van der Waals surface area contributed by atoms with Gasteiger partial charge in [-0.15, -0.1) is 0 Å². The van der Waals surface area contributed by atoms with Gasteiger partial charge in [0, 0.05) is 25.8 Å². The van der Waals surface area contributed by atoms with Crippen molar-refractivity contribution < 1.29 is 14.0 Å². The van der Waals surface area contributed by atoms with Crippen molar-refractivity contribution >= 4 is 22.6 Å². The molecule has 1 unspecified atom stereocenters. The highest BCUT2D eigenvalue weighted by atomic mass is 16.4. The third-order valence-corrected chi connectivity index (χ3v) is 7.47. The molecule has 1 amide bonds. The van der Waals surface area contributed by atoms with Gasteiger partial charge in [-0.05, 0) is 63.3 Å². The van der Waals surface area contributed by atoms with Crippen LogP contribution in [0, 0.1) is 5.92 Å². The summed E-state index contributed by atoms with van der Waals surface area (Å²) in [6.07, 6.45) is 7.64. The number of para-hydroxylation sites is 1. The number of aromatic nitrogens is 2. The van der Waals surface area contributed by atoms with Crippen molar-refractivity contribution in [2.45, 2.75) is 64.3 Å². The van der Waals surface area contributed by atoms with Crippen molar-refractivity contribution in [1.29, 1.82) is 0 Å². The van der Waals surface area contributed by atoms with Crippen molar-refractivity contribution in [3.63, 3.8) is 0 Å². The molecule has 198 valence electrons. The zero-order chi connectivity index (χ0) is 26.4. The predicted octanol–water partition coefficient (Wildman–Crippen LogP) is 4.62. The minimum Gasteiger partial charge on any atom is -0.438 e. The fraction of sp³-hybridized carbons (Fsp3) is 0.517. The quantitative estimate of drug-likeness (QED) is 0.381. The molecule has 3 aromatic rings. The van der Waals surface area contributed by atoms with E-state index in [0.29, 0.717) is 36.5 Å². The maximum atomic E-state index is 13.1. The summed E-state index contributed by atoms with van der Waals surface area (Å²) in [5.74, 6) is 1.09. The molecular weight excluding hydrogens is 468 g/mol. The number of carbonyl (C=O) groups is 2. The number of rotatable bonds is 11. The number of hydrogen-bond acceptors (Lipinski definition) is 6. The van der Waals surface area contributed by atoms with Gasteiger partial charge >= 0.3 is 0 Å². The van der Waals surface area contributed by atoms with Gasteiger partial charge in [-0.25, -0.2) is 4.98 Å². The largest absolute Gasteiger partial charge is 0.438 e. The molecule has 0 aliphatic carbocycles. The summed E-state index contributed by atoms with van der Waals surface area (Å²) in [6.45, 7) is 3.70. The van der Waals surface area contributed by atoms with E-state index in [1.54, 1.807) is 17.8 Å². The molecule has 1 atom stereocenters.